The fourth-order valence-corrected chi connectivity index (χ4v) is 2.82. The summed E-state index contributed by atoms with van der Waals surface area (Å²) in [6.45, 7) is 6.68. The molecule has 0 bridgehead atoms. The Morgan fingerprint density at radius 2 is 2.29 bits per heavy atom. The first-order chi connectivity index (χ1) is 7.95. The van der Waals surface area contributed by atoms with Crippen LogP contribution in [0.15, 0.2) is 15.9 Å². The van der Waals surface area contributed by atoms with E-state index in [0.29, 0.717) is 6.61 Å². The summed E-state index contributed by atoms with van der Waals surface area (Å²) in [6.07, 6.45) is 0.916. The number of nitrogens with one attached hydrogen (secondary N) is 1. The van der Waals surface area contributed by atoms with Gasteiger partial charge < -0.3 is 10.1 Å². The van der Waals surface area contributed by atoms with E-state index >= 15 is 0 Å². The van der Waals surface area contributed by atoms with Gasteiger partial charge in [0.05, 0.1) is 6.61 Å². The van der Waals surface area contributed by atoms with Crippen LogP contribution in [0.25, 0.3) is 0 Å². The van der Waals surface area contributed by atoms with E-state index in [2.05, 4.69) is 32.7 Å². The molecule has 17 heavy (non-hydrogen) atoms. The molecule has 0 aliphatic carbocycles. The topological polar surface area (TPSA) is 38.3 Å². The Hall–Kier alpha value is -0.390. The third-order valence-corrected chi connectivity index (χ3v) is 4.10. The molecule has 0 aliphatic rings. The number of hydrogen-bond donors (Lipinski definition) is 1. The largest absolute Gasteiger partial charge is 0.465 e. The van der Waals surface area contributed by atoms with E-state index in [1.807, 2.05) is 20.8 Å². The van der Waals surface area contributed by atoms with Gasteiger partial charge in [-0.1, -0.05) is 0 Å². The monoisotopic (exact) mass is 319 g/mol. The van der Waals surface area contributed by atoms with Crippen molar-refractivity contribution in [1.29, 1.82) is 0 Å². The van der Waals surface area contributed by atoms with Gasteiger partial charge in [-0.05, 0) is 49.2 Å². The Morgan fingerprint density at radius 1 is 1.59 bits per heavy atom. The molecule has 1 rings (SSSR count). The van der Waals surface area contributed by atoms with Crippen molar-refractivity contribution in [3.8, 4) is 0 Å². The fourth-order valence-electron chi connectivity index (χ4n) is 1.37. The molecule has 96 valence electrons. The van der Waals surface area contributed by atoms with E-state index in [4.69, 9.17) is 4.74 Å². The lowest BCUT2D eigenvalue weighted by Crippen LogP contribution is -2.48. The van der Waals surface area contributed by atoms with Crippen LogP contribution in [0, 0.1) is 0 Å². The van der Waals surface area contributed by atoms with Crippen LogP contribution >= 0.6 is 27.3 Å². The summed E-state index contributed by atoms with van der Waals surface area (Å²) >= 11 is 5.14. The second-order valence-corrected chi connectivity index (χ2v) is 6.16. The molecule has 0 aromatic carbocycles. The molecule has 1 aromatic rings. The van der Waals surface area contributed by atoms with Crippen molar-refractivity contribution < 1.29 is 9.53 Å². The summed E-state index contributed by atoms with van der Waals surface area (Å²) in [5.74, 6) is -0.202. The van der Waals surface area contributed by atoms with Crippen molar-refractivity contribution in [2.45, 2.75) is 32.7 Å². The highest BCUT2D eigenvalue weighted by Crippen LogP contribution is 2.20. The molecule has 5 heteroatoms. The molecule has 0 aliphatic heterocycles. The zero-order valence-electron chi connectivity index (χ0n) is 10.4. The first-order valence-electron chi connectivity index (χ1n) is 5.61. The normalized spacial score (nSPS) is 11.5. The Labute approximate surface area is 115 Å². The molecule has 1 heterocycles. The molecular formula is C12H18BrNO2S. The van der Waals surface area contributed by atoms with Crippen molar-refractivity contribution in [3.63, 3.8) is 0 Å². The number of hydrogen-bond acceptors (Lipinski definition) is 4. The van der Waals surface area contributed by atoms with E-state index < -0.39 is 5.54 Å². The van der Waals surface area contributed by atoms with E-state index in [1.165, 1.54) is 4.88 Å². The number of carbonyl (C=O) groups is 1. The summed E-state index contributed by atoms with van der Waals surface area (Å²) in [4.78, 5) is 12.9. The van der Waals surface area contributed by atoms with Gasteiger partial charge in [0.25, 0.3) is 0 Å². The van der Waals surface area contributed by atoms with E-state index in [1.54, 1.807) is 11.3 Å². The van der Waals surface area contributed by atoms with Crippen LogP contribution in [-0.2, 0) is 16.0 Å². The van der Waals surface area contributed by atoms with E-state index in [9.17, 15) is 4.79 Å². The first-order valence-corrected chi connectivity index (χ1v) is 7.28. The van der Waals surface area contributed by atoms with Gasteiger partial charge in [-0.3, -0.25) is 4.79 Å². The molecule has 0 fully saturated rings. The van der Waals surface area contributed by atoms with Crippen LogP contribution in [0.5, 0.6) is 0 Å². The Balaban J connectivity index is 2.37. The highest BCUT2D eigenvalue weighted by molar-refractivity contribution is 9.10. The standard InChI is InChI=1S/C12H18BrNO2S/c1-4-16-11(15)12(2,3)14-6-5-10-7-9(13)8-17-10/h7-8,14H,4-6H2,1-3H3. The molecule has 1 N–H and O–H groups in total. The third kappa shape index (κ3) is 4.77. The van der Waals surface area contributed by atoms with Gasteiger partial charge in [0.2, 0.25) is 0 Å². The smallest absolute Gasteiger partial charge is 0.325 e. The van der Waals surface area contributed by atoms with Crippen molar-refractivity contribution in [2.75, 3.05) is 13.2 Å². The summed E-state index contributed by atoms with van der Waals surface area (Å²) < 4.78 is 6.12. The van der Waals surface area contributed by atoms with Crippen LogP contribution in [0.4, 0.5) is 0 Å². The fraction of sp³-hybridized carbons (Fsp3) is 0.583. The summed E-state index contributed by atoms with van der Waals surface area (Å²) in [6, 6.07) is 2.10. The van der Waals surface area contributed by atoms with E-state index in [-0.39, 0.29) is 5.97 Å². The highest BCUT2D eigenvalue weighted by atomic mass is 79.9. The van der Waals surface area contributed by atoms with Crippen LogP contribution in [-0.4, -0.2) is 24.7 Å². The lowest BCUT2D eigenvalue weighted by Gasteiger charge is -2.23. The minimum absolute atomic E-state index is 0.202. The average Bonchev–Trinajstić information content (AvgIpc) is 2.64. The second-order valence-electron chi connectivity index (χ2n) is 4.25. The predicted molar refractivity (Wildman–Crippen MR) is 74.4 cm³/mol. The number of thiophene rings is 1. The Bertz CT molecular complexity index is 376. The maximum absolute atomic E-state index is 11.6. The SMILES string of the molecule is CCOC(=O)C(C)(C)NCCc1cc(Br)cs1. The summed E-state index contributed by atoms with van der Waals surface area (Å²) in [5, 5.41) is 5.28. The van der Waals surface area contributed by atoms with Crippen molar-refractivity contribution >= 4 is 33.2 Å². The van der Waals surface area contributed by atoms with Gasteiger partial charge in [-0.15, -0.1) is 11.3 Å². The maximum Gasteiger partial charge on any atom is 0.325 e. The van der Waals surface area contributed by atoms with Gasteiger partial charge in [-0.2, -0.15) is 0 Å². The summed E-state index contributed by atoms with van der Waals surface area (Å²) in [5.41, 5.74) is -0.621. The Morgan fingerprint density at radius 3 is 2.82 bits per heavy atom. The highest BCUT2D eigenvalue weighted by Gasteiger charge is 2.27. The van der Waals surface area contributed by atoms with Crippen molar-refractivity contribution in [1.82, 2.24) is 5.32 Å². The van der Waals surface area contributed by atoms with Crippen molar-refractivity contribution in [3.05, 3.63) is 20.8 Å². The second kappa shape index (κ2) is 6.52. The van der Waals surface area contributed by atoms with Crippen LogP contribution in [0.3, 0.4) is 0 Å². The lowest BCUT2D eigenvalue weighted by atomic mass is 10.1. The van der Waals surface area contributed by atoms with Crippen LogP contribution in [0.2, 0.25) is 0 Å². The lowest BCUT2D eigenvalue weighted by molar-refractivity contribution is -0.149. The zero-order chi connectivity index (χ0) is 12.9. The zero-order valence-corrected chi connectivity index (χ0v) is 12.8. The first kappa shape index (κ1) is 14.7. The molecule has 0 saturated heterocycles. The minimum atomic E-state index is -0.621. The molecule has 1 aromatic heterocycles. The van der Waals surface area contributed by atoms with Gasteiger partial charge >= 0.3 is 5.97 Å². The molecule has 0 radical (unpaired) electrons. The van der Waals surface area contributed by atoms with Gasteiger partial charge in [0, 0.05) is 21.3 Å². The maximum atomic E-state index is 11.6. The third-order valence-electron chi connectivity index (χ3n) is 2.35. The predicted octanol–water partition coefficient (Wildman–Crippen LogP) is 2.98. The van der Waals surface area contributed by atoms with E-state index in [0.717, 1.165) is 17.4 Å². The number of esters is 1. The quantitative estimate of drug-likeness (QED) is 0.819. The van der Waals surface area contributed by atoms with Gasteiger partial charge in [-0.25, -0.2) is 0 Å². The van der Waals surface area contributed by atoms with Gasteiger partial charge in [0.15, 0.2) is 0 Å². The molecule has 0 unspecified atom stereocenters. The molecule has 3 nitrogen and oxygen atoms in total. The number of ether oxygens (including phenoxy) is 1. The minimum Gasteiger partial charge on any atom is -0.465 e. The molecular weight excluding hydrogens is 302 g/mol. The van der Waals surface area contributed by atoms with Crippen LogP contribution in [0.1, 0.15) is 25.6 Å². The molecule has 0 saturated carbocycles. The van der Waals surface area contributed by atoms with Crippen molar-refractivity contribution in [2.24, 2.45) is 0 Å². The molecule has 0 atom stereocenters. The number of halogens is 1. The molecule has 0 spiro atoms. The average molecular weight is 320 g/mol. The van der Waals surface area contributed by atoms with Gasteiger partial charge in [0.1, 0.15) is 5.54 Å². The summed E-state index contributed by atoms with van der Waals surface area (Å²) in [7, 11) is 0. The molecule has 0 amide bonds. The number of rotatable bonds is 6. The Kier molecular flexibility index (Phi) is 5.62. The van der Waals surface area contributed by atoms with Crippen LogP contribution < -0.4 is 5.32 Å². The number of carbonyl (C=O) groups excluding carboxylic acids is 1.